The third-order valence-corrected chi connectivity index (χ3v) is 12.9. The minimum absolute atomic E-state index is 0.0940. The maximum absolute atomic E-state index is 14.1. The van der Waals surface area contributed by atoms with Crippen LogP contribution in [0.25, 0.3) is 44.5 Å². The molecule has 2 fully saturated rings. The Balaban J connectivity index is 0.910. The van der Waals surface area contributed by atoms with E-state index >= 15 is 0 Å². The van der Waals surface area contributed by atoms with Crippen LogP contribution in [0.5, 0.6) is 0 Å². The summed E-state index contributed by atoms with van der Waals surface area (Å²) < 4.78 is 4.79. The van der Waals surface area contributed by atoms with Crippen molar-refractivity contribution in [2.45, 2.75) is 76.5 Å². The molecule has 0 bridgehead atoms. The maximum atomic E-state index is 14.1. The smallest absolute Gasteiger partial charge is 0.407 e. The van der Waals surface area contributed by atoms with Crippen LogP contribution in [0.15, 0.2) is 91.1 Å². The van der Waals surface area contributed by atoms with Crippen LogP contribution in [0.1, 0.15) is 86.0 Å². The van der Waals surface area contributed by atoms with Gasteiger partial charge in [0.05, 0.1) is 42.1 Å². The summed E-state index contributed by atoms with van der Waals surface area (Å²) in [5.74, 6) is 1.50. The number of alkyl carbamates (subject to hydrolysis) is 1. The summed E-state index contributed by atoms with van der Waals surface area (Å²) in [6.45, 7) is 5.17. The number of likely N-dealkylation sites (tertiary alicyclic amines) is 2. The van der Waals surface area contributed by atoms with E-state index in [0.29, 0.717) is 13.1 Å². The Kier molecular flexibility index (Phi) is 11.0. The van der Waals surface area contributed by atoms with E-state index < -0.39 is 12.1 Å². The number of methoxy groups -OCH3 is 1. The molecule has 6 aromatic rings. The van der Waals surface area contributed by atoms with Crippen LogP contribution in [-0.2, 0) is 27.2 Å². The quantitative estimate of drug-likeness (QED) is 0.126. The molecular weight excluding hydrogens is 765 g/mol. The molecule has 1 aliphatic carbocycles. The van der Waals surface area contributed by atoms with Gasteiger partial charge in [-0.3, -0.25) is 14.5 Å². The molecule has 0 saturated carbocycles. The average Bonchev–Trinajstić information content (AvgIpc) is 4.11. The van der Waals surface area contributed by atoms with Gasteiger partial charge >= 0.3 is 6.09 Å². The molecule has 3 N–H and O–H groups in total. The van der Waals surface area contributed by atoms with E-state index in [4.69, 9.17) is 14.7 Å². The fraction of sp³-hybridized carbons (Fsp3) is 0.367. The van der Waals surface area contributed by atoms with Crippen LogP contribution in [0.4, 0.5) is 4.79 Å². The summed E-state index contributed by atoms with van der Waals surface area (Å²) in [4.78, 5) is 62.5. The Morgan fingerprint density at radius 1 is 0.770 bits per heavy atom. The number of aryl methyl sites for hydroxylation is 2. The number of hydrogen-bond acceptors (Lipinski definition) is 7. The Hall–Kier alpha value is -6.27. The lowest BCUT2D eigenvalue weighted by molar-refractivity contribution is -0.137. The predicted molar refractivity (Wildman–Crippen MR) is 236 cm³/mol. The zero-order chi connectivity index (χ0) is 42.4. The maximum Gasteiger partial charge on any atom is 0.407 e. The summed E-state index contributed by atoms with van der Waals surface area (Å²) in [6.07, 6.45) is 6.60. The number of likely N-dealkylation sites (N-methyl/N-ethyl adjacent to an activating group) is 1. The van der Waals surface area contributed by atoms with Gasteiger partial charge < -0.3 is 29.8 Å². The van der Waals surface area contributed by atoms with Crippen molar-refractivity contribution in [3.8, 4) is 33.5 Å². The van der Waals surface area contributed by atoms with Crippen LogP contribution in [0.2, 0.25) is 0 Å². The van der Waals surface area contributed by atoms with Crippen molar-refractivity contribution in [3.05, 3.63) is 119 Å². The number of H-pyrrole nitrogens is 2. The number of amides is 3. The van der Waals surface area contributed by atoms with Crippen molar-refractivity contribution in [3.63, 3.8) is 0 Å². The van der Waals surface area contributed by atoms with Gasteiger partial charge in [0, 0.05) is 13.1 Å². The van der Waals surface area contributed by atoms with E-state index in [9.17, 15) is 14.4 Å². The Morgan fingerprint density at radius 3 is 2.07 bits per heavy atom. The topological polar surface area (TPSA) is 140 Å². The lowest BCUT2D eigenvalue weighted by Crippen LogP contribution is -2.51. The molecule has 12 nitrogen and oxygen atoms in total. The molecule has 0 radical (unpaired) electrons. The van der Waals surface area contributed by atoms with E-state index in [2.05, 4.69) is 69.9 Å². The first-order valence-corrected chi connectivity index (χ1v) is 21.6. The number of fused-ring (bicyclic) bond motifs is 4. The van der Waals surface area contributed by atoms with Crippen molar-refractivity contribution in [2.24, 2.45) is 5.92 Å². The van der Waals surface area contributed by atoms with Crippen molar-refractivity contribution < 1.29 is 19.1 Å². The second-order valence-corrected chi connectivity index (χ2v) is 17.3. The first kappa shape index (κ1) is 40.2. The number of aromatic nitrogens is 4. The monoisotopic (exact) mass is 818 g/mol. The number of nitrogens with zero attached hydrogens (tertiary/aromatic N) is 5. The van der Waals surface area contributed by atoms with Crippen molar-refractivity contribution in [1.82, 2.24) is 40.0 Å². The number of ether oxygens (including phenoxy) is 1. The fourth-order valence-corrected chi connectivity index (χ4v) is 9.72. The van der Waals surface area contributed by atoms with E-state index in [1.807, 2.05) is 79.2 Å². The first-order valence-electron chi connectivity index (χ1n) is 21.6. The van der Waals surface area contributed by atoms with Gasteiger partial charge in [-0.15, -0.1) is 0 Å². The van der Waals surface area contributed by atoms with Gasteiger partial charge in [0.1, 0.15) is 23.7 Å². The van der Waals surface area contributed by atoms with Gasteiger partial charge in [0.15, 0.2) is 0 Å². The third kappa shape index (κ3) is 7.69. The van der Waals surface area contributed by atoms with E-state index in [1.54, 1.807) is 0 Å². The van der Waals surface area contributed by atoms with Gasteiger partial charge in [-0.25, -0.2) is 14.8 Å². The second-order valence-electron chi connectivity index (χ2n) is 17.3. The number of rotatable bonds is 10. The molecule has 4 aromatic carbocycles. The summed E-state index contributed by atoms with van der Waals surface area (Å²) in [5, 5.41) is 2.72. The van der Waals surface area contributed by atoms with Crippen LogP contribution in [0.3, 0.4) is 0 Å². The summed E-state index contributed by atoms with van der Waals surface area (Å²) in [5.41, 5.74) is 12.3. The summed E-state index contributed by atoms with van der Waals surface area (Å²) in [7, 11) is 5.23. The average molecular weight is 819 g/mol. The molecule has 1 unspecified atom stereocenters. The third-order valence-electron chi connectivity index (χ3n) is 12.9. The molecule has 2 aliphatic heterocycles. The van der Waals surface area contributed by atoms with Crippen molar-refractivity contribution >= 4 is 28.9 Å². The van der Waals surface area contributed by atoms with Gasteiger partial charge in [-0.1, -0.05) is 80.6 Å². The number of nitrogens with one attached hydrogen (secondary N) is 3. The molecule has 4 heterocycles. The van der Waals surface area contributed by atoms with Crippen LogP contribution in [0, 0.1) is 5.92 Å². The zero-order valence-corrected chi connectivity index (χ0v) is 35.6. The normalized spacial score (nSPS) is 18.3. The summed E-state index contributed by atoms with van der Waals surface area (Å²) >= 11 is 0. The van der Waals surface area contributed by atoms with Crippen LogP contribution >= 0.6 is 0 Å². The second kappa shape index (κ2) is 16.6. The summed E-state index contributed by atoms with van der Waals surface area (Å²) in [6, 6.07) is 28.5. The number of carbonyl (C=O) groups excluding carboxylic acids is 3. The van der Waals surface area contributed by atoms with Crippen LogP contribution < -0.4 is 5.32 Å². The minimum atomic E-state index is -0.676. The van der Waals surface area contributed by atoms with Gasteiger partial charge in [-0.2, -0.15) is 0 Å². The molecule has 61 heavy (non-hydrogen) atoms. The highest BCUT2D eigenvalue weighted by Gasteiger charge is 2.39. The predicted octanol–water partition coefficient (Wildman–Crippen LogP) is 8.40. The largest absolute Gasteiger partial charge is 0.453 e. The number of aromatic amines is 2. The first-order chi connectivity index (χ1) is 29.6. The highest BCUT2D eigenvalue weighted by molar-refractivity contribution is 5.87. The molecule has 314 valence electrons. The molecule has 4 atom stereocenters. The highest BCUT2D eigenvalue weighted by atomic mass is 16.5. The zero-order valence-electron chi connectivity index (χ0n) is 35.6. The van der Waals surface area contributed by atoms with E-state index in [1.165, 1.54) is 29.4 Å². The number of hydrogen-bond donors (Lipinski definition) is 3. The number of benzene rings is 4. The Labute approximate surface area is 356 Å². The SMILES string of the molecule is COC(=O)NC(C(=O)N1CCC[C@H]1c1ncc(-c2ccc3c(c2)CCc2cc(-c4ccc5nc([C@@H]6CCCN6C(=O)[C@H](c6ccccc6)N(C)C)[nH]c5c4)ccc2-3)[nH]1)C(C)C. The molecule has 9 rings (SSSR count). The van der Waals surface area contributed by atoms with Gasteiger partial charge in [0.2, 0.25) is 11.8 Å². The van der Waals surface area contributed by atoms with E-state index in [-0.39, 0.29) is 35.9 Å². The lowest BCUT2D eigenvalue weighted by atomic mass is 9.83. The van der Waals surface area contributed by atoms with Crippen LogP contribution in [-0.4, -0.2) is 92.9 Å². The Bertz CT molecular complexity index is 2600. The Morgan fingerprint density at radius 2 is 1.39 bits per heavy atom. The molecular formula is C49H54N8O4. The van der Waals surface area contributed by atoms with E-state index in [0.717, 1.165) is 89.2 Å². The standard InChI is InChI=1S/C49H54N8O4/c1-29(2)43(54-49(60)61-5)47(58)56-23-9-13-41(56)45-50-28-40(53-45)35-18-21-37-34(26-35)16-15-33-25-31(17-20-36(33)37)32-19-22-38-39(27-32)52-46(51-38)42-14-10-24-57(42)48(59)44(55(3)4)30-11-7-6-8-12-30/h6-8,11-12,17-22,25-29,41-44H,9-10,13-16,23-24H2,1-5H3,(H,50,53)(H,51,52)(H,54,60)/t41-,42-,43?,44-/m0/s1. The van der Waals surface area contributed by atoms with Gasteiger partial charge in [-0.05, 0) is 121 Å². The highest BCUT2D eigenvalue weighted by Crippen LogP contribution is 2.40. The number of imidazole rings is 2. The van der Waals surface area contributed by atoms with Crippen molar-refractivity contribution in [2.75, 3.05) is 34.3 Å². The van der Waals surface area contributed by atoms with Gasteiger partial charge in [0.25, 0.3) is 0 Å². The molecule has 2 saturated heterocycles. The lowest BCUT2D eigenvalue weighted by Gasteiger charge is -2.31. The molecule has 0 spiro atoms. The molecule has 3 aliphatic rings. The minimum Gasteiger partial charge on any atom is -0.453 e. The fourth-order valence-electron chi connectivity index (χ4n) is 9.72. The molecule has 2 aromatic heterocycles. The molecule has 12 heteroatoms. The number of carbonyl (C=O) groups is 3. The van der Waals surface area contributed by atoms with Crippen molar-refractivity contribution in [1.29, 1.82) is 0 Å². The molecule has 3 amide bonds.